The van der Waals surface area contributed by atoms with Gasteiger partial charge in [0.2, 0.25) is 10.0 Å². The lowest BCUT2D eigenvalue weighted by Crippen LogP contribution is -2.09. The van der Waals surface area contributed by atoms with Crippen LogP contribution in [0.25, 0.3) is 11.1 Å². The van der Waals surface area contributed by atoms with Gasteiger partial charge in [0, 0.05) is 5.69 Å². The van der Waals surface area contributed by atoms with Gasteiger partial charge in [-0.15, -0.1) is 0 Å². The summed E-state index contributed by atoms with van der Waals surface area (Å²) in [6.45, 7) is 1.90. The van der Waals surface area contributed by atoms with E-state index in [2.05, 4.69) is 9.46 Å². The topological polar surface area (TPSA) is 72.5 Å². The van der Waals surface area contributed by atoms with Gasteiger partial charge in [0.05, 0.1) is 18.9 Å². The fourth-order valence-corrected chi connectivity index (χ4v) is 2.72. The molecule has 1 N–H and O–H groups in total. The molecular weight excluding hydrogens is 302 g/mol. The van der Waals surface area contributed by atoms with Crippen molar-refractivity contribution in [2.24, 2.45) is 0 Å². The van der Waals surface area contributed by atoms with Crippen LogP contribution in [0.3, 0.4) is 0 Å². The van der Waals surface area contributed by atoms with Crippen molar-refractivity contribution in [3.8, 4) is 11.1 Å². The summed E-state index contributed by atoms with van der Waals surface area (Å²) in [5.41, 5.74) is 3.85. The van der Waals surface area contributed by atoms with Crippen LogP contribution in [0.15, 0.2) is 42.5 Å². The third-order valence-electron chi connectivity index (χ3n) is 3.15. The largest absolute Gasteiger partial charge is 0.465 e. The number of hydrogen-bond acceptors (Lipinski definition) is 4. The van der Waals surface area contributed by atoms with Crippen molar-refractivity contribution in [3.63, 3.8) is 0 Å². The van der Waals surface area contributed by atoms with Crippen LogP contribution in [0.2, 0.25) is 0 Å². The summed E-state index contributed by atoms with van der Waals surface area (Å²) in [5.74, 6) is -0.379. The molecule has 0 bridgehead atoms. The van der Waals surface area contributed by atoms with Crippen LogP contribution in [0, 0.1) is 6.92 Å². The van der Waals surface area contributed by atoms with E-state index in [1.54, 1.807) is 24.3 Å². The van der Waals surface area contributed by atoms with Crippen molar-refractivity contribution in [2.45, 2.75) is 6.92 Å². The van der Waals surface area contributed by atoms with Gasteiger partial charge in [0.25, 0.3) is 0 Å². The van der Waals surface area contributed by atoms with Crippen molar-refractivity contribution in [1.82, 2.24) is 0 Å². The first-order valence-corrected chi connectivity index (χ1v) is 8.46. The average Bonchev–Trinajstić information content (AvgIpc) is 2.45. The number of carbonyl (C=O) groups is 1. The Labute approximate surface area is 130 Å². The molecule has 0 heterocycles. The highest BCUT2D eigenvalue weighted by molar-refractivity contribution is 7.92. The van der Waals surface area contributed by atoms with Gasteiger partial charge in [0.15, 0.2) is 0 Å². The second kappa shape index (κ2) is 6.19. The molecule has 0 spiro atoms. The molecule has 6 heteroatoms. The minimum atomic E-state index is -3.29. The Morgan fingerprint density at radius 1 is 1.09 bits per heavy atom. The Balaban J connectivity index is 2.31. The molecule has 0 aliphatic rings. The standard InChI is InChI=1S/C16H17NO4S/c1-11-10-14(17-22(3,19)20)8-9-15(11)12-4-6-13(7-5-12)16(18)21-2/h4-10,17H,1-3H3. The maximum absolute atomic E-state index is 11.4. The van der Waals surface area contributed by atoms with Crippen LogP contribution < -0.4 is 4.72 Å². The molecule has 0 aliphatic heterocycles. The van der Waals surface area contributed by atoms with Crippen LogP contribution in [0.1, 0.15) is 15.9 Å². The van der Waals surface area contributed by atoms with E-state index in [0.717, 1.165) is 22.9 Å². The quantitative estimate of drug-likeness (QED) is 0.880. The first kappa shape index (κ1) is 16.0. The number of sulfonamides is 1. The predicted octanol–water partition coefficient (Wildman–Crippen LogP) is 2.82. The van der Waals surface area contributed by atoms with E-state index >= 15 is 0 Å². The van der Waals surface area contributed by atoms with Crippen molar-refractivity contribution in [3.05, 3.63) is 53.6 Å². The lowest BCUT2D eigenvalue weighted by molar-refractivity contribution is 0.0600. The lowest BCUT2D eigenvalue weighted by Gasteiger charge is -2.10. The molecule has 0 radical (unpaired) electrons. The van der Waals surface area contributed by atoms with Crippen molar-refractivity contribution >= 4 is 21.7 Å². The number of esters is 1. The summed E-state index contributed by atoms with van der Waals surface area (Å²) < 4.78 is 29.6. The zero-order valence-electron chi connectivity index (χ0n) is 12.6. The Bertz CT molecular complexity index is 795. The molecule has 0 aliphatic carbocycles. The number of nitrogens with one attached hydrogen (secondary N) is 1. The lowest BCUT2D eigenvalue weighted by atomic mass is 9.99. The molecule has 2 aromatic rings. The summed E-state index contributed by atoms with van der Waals surface area (Å²) in [4.78, 5) is 11.4. The molecule has 2 rings (SSSR count). The summed E-state index contributed by atoms with van der Waals surface area (Å²) in [6, 6.07) is 12.4. The summed E-state index contributed by atoms with van der Waals surface area (Å²) in [7, 11) is -1.95. The highest BCUT2D eigenvalue weighted by atomic mass is 32.2. The number of hydrogen-bond donors (Lipinski definition) is 1. The summed E-state index contributed by atoms with van der Waals surface area (Å²) >= 11 is 0. The van der Waals surface area contributed by atoms with E-state index in [9.17, 15) is 13.2 Å². The van der Waals surface area contributed by atoms with E-state index < -0.39 is 10.0 Å². The maximum Gasteiger partial charge on any atom is 0.337 e. The number of methoxy groups -OCH3 is 1. The van der Waals surface area contributed by atoms with Gasteiger partial charge in [-0.05, 0) is 47.9 Å². The third-order valence-corrected chi connectivity index (χ3v) is 3.75. The van der Waals surface area contributed by atoms with E-state index in [-0.39, 0.29) is 5.97 Å². The van der Waals surface area contributed by atoms with E-state index in [1.807, 2.05) is 25.1 Å². The average molecular weight is 319 g/mol. The highest BCUT2D eigenvalue weighted by Gasteiger charge is 2.08. The van der Waals surface area contributed by atoms with Crippen LogP contribution in [-0.2, 0) is 14.8 Å². The fourth-order valence-electron chi connectivity index (χ4n) is 2.17. The Kier molecular flexibility index (Phi) is 4.51. The van der Waals surface area contributed by atoms with Crippen molar-refractivity contribution in [2.75, 3.05) is 18.1 Å². The monoisotopic (exact) mass is 319 g/mol. The Morgan fingerprint density at radius 3 is 2.23 bits per heavy atom. The zero-order valence-corrected chi connectivity index (χ0v) is 13.4. The fraction of sp³-hybridized carbons (Fsp3) is 0.188. The second-order valence-corrected chi connectivity index (χ2v) is 6.72. The van der Waals surface area contributed by atoms with E-state index in [0.29, 0.717) is 11.3 Å². The van der Waals surface area contributed by atoms with Gasteiger partial charge in [-0.1, -0.05) is 18.2 Å². The first-order valence-electron chi connectivity index (χ1n) is 6.57. The minimum Gasteiger partial charge on any atom is -0.465 e. The third kappa shape index (κ3) is 3.85. The van der Waals surface area contributed by atoms with Crippen molar-refractivity contribution in [1.29, 1.82) is 0 Å². The normalized spacial score (nSPS) is 11.0. The van der Waals surface area contributed by atoms with E-state index in [4.69, 9.17) is 0 Å². The Morgan fingerprint density at radius 2 is 1.73 bits per heavy atom. The predicted molar refractivity (Wildman–Crippen MR) is 86.4 cm³/mol. The number of benzene rings is 2. The highest BCUT2D eigenvalue weighted by Crippen LogP contribution is 2.26. The van der Waals surface area contributed by atoms with Crippen LogP contribution in [0.5, 0.6) is 0 Å². The smallest absolute Gasteiger partial charge is 0.337 e. The summed E-state index contributed by atoms with van der Waals surface area (Å²) in [6.07, 6.45) is 1.11. The van der Waals surface area contributed by atoms with Gasteiger partial charge >= 0.3 is 5.97 Å². The molecule has 116 valence electrons. The molecular formula is C16H17NO4S. The first-order chi connectivity index (χ1) is 10.3. The van der Waals surface area contributed by atoms with Gasteiger partial charge < -0.3 is 4.74 Å². The molecule has 0 saturated carbocycles. The number of ether oxygens (including phenoxy) is 1. The molecule has 0 saturated heterocycles. The molecule has 0 atom stereocenters. The SMILES string of the molecule is COC(=O)c1ccc(-c2ccc(NS(C)(=O)=O)cc2C)cc1. The number of carbonyl (C=O) groups excluding carboxylic acids is 1. The van der Waals surface area contributed by atoms with Crippen LogP contribution >= 0.6 is 0 Å². The molecule has 0 amide bonds. The number of anilines is 1. The molecule has 22 heavy (non-hydrogen) atoms. The number of aryl methyl sites for hydroxylation is 1. The van der Waals surface area contributed by atoms with Gasteiger partial charge in [-0.2, -0.15) is 0 Å². The van der Waals surface area contributed by atoms with Gasteiger partial charge in [0.1, 0.15) is 0 Å². The van der Waals surface area contributed by atoms with Crippen LogP contribution in [-0.4, -0.2) is 27.8 Å². The van der Waals surface area contributed by atoms with Gasteiger partial charge in [-0.3, -0.25) is 4.72 Å². The van der Waals surface area contributed by atoms with Crippen LogP contribution in [0.4, 0.5) is 5.69 Å². The minimum absolute atomic E-state index is 0.379. The molecule has 5 nitrogen and oxygen atoms in total. The van der Waals surface area contributed by atoms with E-state index in [1.165, 1.54) is 7.11 Å². The zero-order chi connectivity index (χ0) is 16.3. The molecule has 0 unspecified atom stereocenters. The van der Waals surface area contributed by atoms with Gasteiger partial charge in [-0.25, -0.2) is 13.2 Å². The van der Waals surface area contributed by atoms with Crippen molar-refractivity contribution < 1.29 is 17.9 Å². The molecule has 0 aromatic heterocycles. The Hall–Kier alpha value is -2.34. The molecule has 2 aromatic carbocycles. The summed E-state index contributed by atoms with van der Waals surface area (Å²) in [5, 5.41) is 0. The second-order valence-electron chi connectivity index (χ2n) is 4.97. The number of rotatable bonds is 4. The molecule has 0 fully saturated rings. The maximum atomic E-state index is 11.4.